The van der Waals surface area contributed by atoms with Crippen molar-refractivity contribution in [1.29, 1.82) is 0 Å². The minimum atomic E-state index is 0.733. The summed E-state index contributed by atoms with van der Waals surface area (Å²) in [5, 5.41) is 0. The lowest BCUT2D eigenvalue weighted by Crippen LogP contribution is -2.25. The third-order valence-corrected chi connectivity index (χ3v) is 3.50. The Bertz CT molecular complexity index is 411. The molecule has 0 aliphatic carbocycles. The van der Waals surface area contributed by atoms with Crippen LogP contribution in [0.4, 0.5) is 0 Å². The van der Waals surface area contributed by atoms with E-state index in [1.54, 1.807) is 7.11 Å². The Morgan fingerprint density at radius 3 is 2.79 bits per heavy atom. The molecule has 1 heterocycles. The van der Waals surface area contributed by atoms with Crippen molar-refractivity contribution in [3.05, 3.63) is 36.4 Å². The highest BCUT2D eigenvalue weighted by Crippen LogP contribution is 2.25. The van der Waals surface area contributed by atoms with Gasteiger partial charge in [0.25, 0.3) is 0 Å². The van der Waals surface area contributed by atoms with E-state index in [2.05, 4.69) is 11.5 Å². The Kier molecular flexibility index (Phi) is 5.28. The van der Waals surface area contributed by atoms with Gasteiger partial charge in [-0.1, -0.05) is 12.1 Å². The highest BCUT2D eigenvalue weighted by atomic mass is 16.5. The van der Waals surface area contributed by atoms with Crippen LogP contribution in [0.2, 0.25) is 0 Å². The molecule has 0 saturated carbocycles. The summed E-state index contributed by atoms with van der Waals surface area (Å²) in [5.74, 6) is 1.75. The number of allylic oxidation sites excluding steroid dienone is 1. The maximum atomic E-state index is 5.92. The first-order valence-corrected chi connectivity index (χ1v) is 6.96. The predicted octanol–water partition coefficient (Wildman–Crippen LogP) is 2.90. The SMILES string of the molecule is C=CCc1ccc(OC)cc1OCCN1CCCC1. The average Bonchev–Trinajstić information content (AvgIpc) is 2.94. The number of rotatable bonds is 7. The number of hydrogen-bond donors (Lipinski definition) is 0. The zero-order valence-corrected chi connectivity index (χ0v) is 11.7. The van der Waals surface area contributed by atoms with E-state index in [0.29, 0.717) is 0 Å². The number of hydrogen-bond acceptors (Lipinski definition) is 3. The van der Waals surface area contributed by atoms with Gasteiger partial charge in [-0.3, -0.25) is 4.90 Å². The van der Waals surface area contributed by atoms with E-state index in [4.69, 9.17) is 9.47 Å². The Morgan fingerprint density at radius 2 is 2.11 bits per heavy atom. The zero-order chi connectivity index (χ0) is 13.5. The monoisotopic (exact) mass is 261 g/mol. The summed E-state index contributed by atoms with van der Waals surface area (Å²) in [6.07, 6.45) is 5.36. The third kappa shape index (κ3) is 4.00. The zero-order valence-electron chi connectivity index (χ0n) is 11.7. The summed E-state index contributed by atoms with van der Waals surface area (Å²) in [4.78, 5) is 2.45. The molecule has 19 heavy (non-hydrogen) atoms. The molecule has 1 aromatic rings. The molecule has 0 atom stereocenters. The quantitative estimate of drug-likeness (QED) is 0.704. The molecule has 3 nitrogen and oxygen atoms in total. The standard InChI is InChI=1S/C16H23NO2/c1-3-6-14-7-8-15(18-2)13-16(14)19-12-11-17-9-4-5-10-17/h3,7-8,13H,1,4-6,9-12H2,2H3. The van der Waals surface area contributed by atoms with E-state index in [0.717, 1.165) is 36.6 Å². The summed E-state index contributed by atoms with van der Waals surface area (Å²) in [6, 6.07) is 5.97. The van der Waals surface area contributed by atoms with Gasteiger partial charge in [0.1, 0.15) is 18.1 Å². The van der Waals surface area contributed by atoms with E-state index in [9.17, 15) is 0 Å². The minimum Gasteiger partial charge on any atom is -0.497 e. The normalized spacial score (nSPS) is 15.4. The van der Waals surface area contributed by atoms with Crippen molar-refractivity contribution in [3.63, 3.8) is 0 Å². The van der Waals surface area contributed by atoms with Gasteiger partial charge in [0, 0.05) is 12.6 Å². The molecule has 1 aliphatic rings. The number of likely N-dealkylation sites (tertiary alicyclic amines) is 1. The molecule has 0 spiro atoms. The van der Waals surface area contributed by atoms with Gasteiger partial charge >= 0.3 is 0 Å². The molecule has 0 N–H and O–H groups in total. The van der Waals surface area contributed by atoms with Crippen molar-refractivity contribution in [3.8, 4) is 11.5 Å². The van der Waals surface area contributed by atoms with Crippen LogP contribution < -0.4 is 9.47 Å². The Morgan fingerprint density at radius 1 is 1.32 bits per heavy atom. The fraction of sp³-hybridized carbons (Fsp3) is 0.500. The van der Waals surface area contributed by atoms with Gasteiger partial charge in [-0.15, -0.1) is 6.58 Å². The van der Waals surface area contributed by atoms with Crippen LogP contribution in [0.1, 0.15) is 18.4 Å². The van der Waals surface area contributed by atoms with Crippen LogP contribution in [-0.2, 0) is 6.42 Å². The second kappa shape index (κ2) is 7.19. The number of methoxy groups -OCH3 is 1. The lowest BCUT2D eigenvalue weighted by atomic mass is 10.1. The van der Waals surface area contributed by atoms with Gasteiger partial charge in [0.2, 0.25) is 0 Å². The lowest BCUT2D eigenvalue weighted by Gasteiger charge is -2.16. The summed E-state index contributed by atoms with van der Waals surface area (Å²) in [6.45, 7) is 7.94. The Balaban J connectivity index is 1.93. The second-order valence-corrected chi connectivity index (χ2v) is 4.86. The Labute approximate surface area is 115 Å². The van der Waals surface area contributed by atoms with E-state index in [1.165, 1.54) is 25.9 Å². The number of ether oxygens (including phenoxy) is 2. The van der Waals surface area contributed by atoms with E-state index in [1.807, 2.05) is 24.3 Å². The molecule has 104 valence electrons. The largest absolute Gasteiger partial charge is 0.497 e. The first-order chi connectivity index (χ1) is 9.33. The first kappa shape index (κ1) is 13.9. The molecule has 0 bridgehead atoms. The van der Waals surface area contributed by atoms with Crippen LogP contribution >= 0.6 is 0 Å². The van der Waals surface area contributed by atoms with Crippen LogP contribution in [0, 0.1) is 0 Å². The Hall–Kier alpha value is -1.48. The molecule has 3 heteroatoms. The maximum Gasteiger partial charge on any atom is 0.126 e. The van der Waals surface area contributed by atoms with Crippen molar-refractivity contribution in [2.24, 2.45) is 0 Å². The number of benzene rings is 1. The molecule has 1 aliphatic heterocycles. The first-order valence-electron chi connectivity index (χ1n) is 6.96. The molecule has 0 unspecified atom stereocenters. The van der Waals surface area contributed by atoms with Crippen molar-refractivity contribution in [2.45, 2.75) is 19.3 Å². The van der Waals surface area contributed by atoms with Crippen LogP contribution in [0.15, 0.2) is 30.9 Å². The smallest absolute Gasteiger partial charge is 0.126 e. The van der Waals surface area contributed by atoms with Crippen LogP contribution in [-0.4, -0.2) is 38.3 Å². The van der Waals surface area contributed by atoms with Gasteiger partial charge in [0.15, 0.2) is 0 Å². The average molecular weight is 261 g/mol. The molecule has 0 radical (unpaired) electrons. The molecular formula is C16H23NO2. The lowest BCUT2D eigenvalue weighted by molar-refractivity contribution is 0.236. The topological polar surface area (TPSA) is 21.7 Å². The fourth-order valence-electron chi connectivity index (χ4n) is 2.41. The minimum absolute atomic E-state index is 0.733. The molecule has 1 saturated heterocycles. The fourth-order valence-corrected chi connectivity index (χ4v) is 2.41. The van der Waals surface area contributed by atoms with Gasteiger partial charge in [-0.2, -0.15) is 0 Å². The van der Waals surface area contributed by atoms with Crippen molar-refractivity contribution < 1.29 is 9.47 Å². The highest BCUT2D eigenvalue weighted by molar-refractivity contribution is 5.41. The van der Waals surface area contributed by atoms with Crippen molar-refractivity contribution >= 4 is 0 Å². The summed E-state index contributed by atoms with van der Waals surface area (Å²) in [7, 11) is 1.68. The molecule has 2 rings (SSSR count). The van der Waals surface area contributed by atoms with Gasteiger partial charge < -0.3 is 9.47 Å². The van der Waals surface area contributed by atoms with Crippen molar-refractivity contribution in [1.82, 2.24) is 4.90 Å². The van der Waals surface area contributed by atoms with Crippen LogP contribution in [0.5, 0.6) is 11.5 Å². The van der Waals surface area contributed by atoms with Crippen LogP contribution in [0.3, 0.4) is 0 Å². The molecule has 0 amide bonds. The van der Waals surface area contributed by atoms with Crippen molar-refractivity contribution in [2.75, 3.05) is 33.4 Å². The maximum absolute atomic E-state index is 5.92. The predicted molar refractivity (Wildman–Crippen MR) is 78.1 cm³/mol. The van der Waals surface area contributed by atoms with E-state index >= 15 is 0 Å². The van der Waals surface area contributed by atoms with Gasteiger partial charge in [-0.05, 0) is 44.0 Å². The molecule has 1 aromatic carbocycles. The summed E-state index contributed by atoms with van der Waals surface area (Å²) >= 11 is 0. The van der Waals surface area contributed by atoms with Crippen LogP contribution in [0.25, 0.3) is 0 Å². The van der Waals surface area contributed by atoms with Gasteiger partial charge in [0.05, 0.1) is 7.11 Å². The molecular weight excluding hydrogens is 238 g/mol. The highest BCUT2D eigenvalue weighted by Gasteiger charge is 2.11. The van der Waals surface area contributed by atoms with Gasteiger partial charge in [-0.25, -0.2) is 0 Å². The number of nitrogens with zero attached hydrogens (tertiary/aromatic N) is 1. The molecule has 0 aromatic heterocycles. The molecule has 1 fully saturated rings. The van der Waals surface area contributed by atoms with E-state index < -0.39 is 0 Å². The van der Waals surface area contributed by atoms with E-state index in [-0.39, 0.29) is 0 Å². The summed E-state index contributed by atoms with van der Waals surface area (Å²) < 4.78 is 11.2. The third-order valence-electron chi connectivity index (χ3n) is 3.50. The second-order valence-electron chi connectivity index (χ2n) is 4.86. The summed E-state index contributed by atoms with van der Waals surface area (Å²) in [5.41, 5.74) is 1.16.